The summed E-state index contributed by atoms with van der Waals surface area (Å²) < 4.78 is 23.6. The van der Waals surface area contributed by atoms with E-state index in [4.69, 9.17) is 23.2 Å². The third kappa shape index (κ3) is 5.28. The summed E-state index contributed by atoms with van der Waals surface area (Å²) in [5, 5.41) is 3.42. The van der Waals surface area contributed by atoms with Crippen LogP contribution < -0.4 is 5.32 Å². The number of carbonyl (C=O) groups excluding carboxylic acids is 1. The van der Waals surface area contributed by atoms with Crippen molar-refractivity contribution < 1.29 is 13.2 Å². The number of hydrogen-bond acceptors (Lipinski definition) is 3. The van der Waals surface area contributed by atoms with Crippen LogP contribution in [0.1, 0.15) is 16.8 Å². The summed E-state index contributed by atoms with van der Waals surface area (Å²) in [5.74, 6) is -0.311. The molecule has 0 aliphatic rings. The van der Waals surface area contributed by atoms with Crippen LogP contribution in [0.25, 0.3) is 0 Å². The first kappa shape index (κ1) is 17.2. The molecule has 0 unspecified atom stereocenters. The first-order chi connectivity index (χ1) is 9.21. The highest BCUT2D eigenvalue weighted by molar-refractivity contribution is 7.88. The minimum Gasteiger partial charge on any atom is -0.352 e. The van der Waals surface area contributed by atoms with Crippen molar-refractivity contribution in [3.63, 3.8) is 0 Å². The van der Waals surface area contributed by atoms with Gasteiger partial charge in [-0.2, -0.15) is 0 Å². The predicted octanol–water partition coefficient (Wildman–Crippen LogP) is 2.00. The summed E-state index contributed by atoms with van der Waals surface area (Å²) in [6, 6.07) is 4.62. The van der Waals surface area contributed by atoms with Gasteiger partial charge in [0.1, 0.15) is 0 Å². The van der Waals surface area contributed by atoms with E-state index in [1.165, 1.54) is 17.4 Å². The SMILES string of the molecule is CN(CCCNC(=O)c1ccc(Cl)cc1Cl)S(C)(=O)=O. The molecule has 0 heterocycles. The number of nitrogens with zero attached hydrogens (tertiary/aromatic N) is 1. The molecule has 5 nitrogen and oxygen atoms in total. The first-order valence-corrected chi connectivity index (χ1v) is 8.47. The summed E-state index contributed by atoms with van der Waals surface area (Å²) in [6.07, 6.45) is 1.65. The molecule has 1 rings (SSSR count). The number of benzene rings is 1. The second kappa shape index (κ2) is 7.26. The van der Waals surface area contributed by atoms with Crippen molar-refractivity contribution in [1.82, 2.24) is 9.62 Å². The molecule has 0 saturated heterocycles. The van der Waals surface area contributed by atoms with Crippen LogP contribution in [-0.4, -0.2) is 45.0 Å². The quantitative estimate of drug-likeness (QED) is 0.806. The molecule has 0 aromatic heterocycles. The number of halogens is 2. The summed E-state index contributed by atoms with van der Waals surface area (Å²) in [5.41, 5.74) is 0.340. The molecular formula is C12H16Cl2N2O3S. The number of rotatable bonds is 6. The second-order valence-corrected chi connectivity index (χ2v) is 7.25. The highest BCUT2D eigenvalue weighted by Crippen LogP contribution is 2.20. The lowest BCUT2D eigenvalue weighted by Gasteiger charge is -2.14. The van der Waals surface area contributed by atoms with Crippen LogP contribution >= 0.6 is 23.2 Å². The van der Waals surface area contributed by atoms with Gasteiger partial charge in [-0.05, 0) is 24.6 Å². The van der Waals surface area contributed by atoms with E-state index in [0.717, 1.165) is 6.26 Å². The van der Waals surface area contributed by atoms with Gasteiger partial charge in [-0.1, -0.05) is 23.2 Å². The lowest BCUT2D eigenvalue weighted by atomic mass is 10.2. The molecule has 0 spiro atoms. The molecule has 0 aliphatic heterocycles. The van der Waals surface area contributed by atoms with Gasteiger partial charge in [0.25, 0.3) is 5.91 Å². The Hall–Kier alpha value is -0.820. The van der Waals surface area contributed by atoms with Gasteiger partial charge < -0.3 is 5.32 Å². The molecule has 0 radical (unpaired) electrons. The number of carbonyl (C=O) groups is 1. The molecule has 20 heavy (non-hydrogen) atoms. The van der Waals surface area contributed by atoms with Crippen molar-refractivity contribution in [2.45, 2.75) is 6.42 Å². The molecule has 0 fully saturated rings. The zero-order valence-corrected chi connectivity index (χ0v) is 13.5. The smallest absolute Gasteiger partial charge is 0.252 e. The summed E-state index contributed by atoms with van der Waals surface area (Å²) in [4.78, 5) is 11.8. The Morgan fingerprint density at radius 1 is 1.35 bits per heavy atom. The Morgan fingerprint density at radius 3 is 2.55 bits per heavy atom. The molecule has 0 aliphatic carbocycles. The van der Waals surface area contributed by atoms with Gasteiger partial charge in [0, 0.05) is 25.2 Å². The van der Waals surface area contributed by atoms with E-state index >= 15 is 0 Å². The van der Waals surface area contributed by atoms with Crippen LogP contribution in [0.15, 0.2) is 18.2 Å². The monoisotopic (exact) mass is 338 g/mol. The Bertz CT molecular complexity index is 590. The molecule has 1 N–H and O–H groups in total. The van der Waals surface area contributed by atoms with Crippen molar-refractivity contribution >= 4 is 39.1 Å². The second-order valence-electron chi connectivity index (χ2n) is 4.32. The Morgan fingerprint density at radius 2 is 2.00 bits per heavy atom. The van der Waals surface area contributed by atoms with Crippen LogP contribution in [0, 0.1) is 0 Å². The molecule has 1 amide bonds. The zero-order chi connectivity index (χ0) is 15.3. The van der Waals surface area contributed by atoms with Gasteiger partial charge in [0.2, 0.25) is 10.0 Å². The van der Waals surface area contributed by atoms with Crippen molar-refractivity contribution in [2.75, 3.05) is 26.4 Å². The standard InChI is InChI=1S/C12H16Cl2N2O3S/c1-16(20(2,18)19)7-3-6-15-12(17)10-5-4-9(13)8-11(10)14/h4-5,8H,3,6-7H2,1-2H3,(H,15,17). The number of hydrogen-bond donors (Lipinski definition) is 1. The van der Waals surface area contributed by atoms with E-state index in [0.29, 0.717) is 30.1 Å². The lowest BCUT2D eigenvalue weighted by molar-refractivity contribution is 0.0953. The third-order valence-corrected chi connectivity index (χ3v) is 4.54. The Balaban J connectivity index is 2.45. The number of amides is 1. The fourth-order valence-corrected chi connectivity index (χ4v) is 2.39. The Labute approximate surface area is 128 Å². The molecule has 8 heteroatoms. The zero-order valence-electron chi connectivity index (χ0n) is 11.2. The van der Waals surface area contributed by atoms with Gasteiger partial charge in [-0.3, -0.25) is 4.79 Å². The number of sulfonamides is 1. The fourth-order valence-electron chi connectivity index (χ4n) is 1.44. The molecule has 112 valence electrons. The maximum absolute atomic E-state index is 11.8. The van der Waals surface area contributed by atoms with E-state index in [9.17, 15) is 13.2 Å². The fraction of sp³-hybridized carbons (Fsp3) is 0.417. The van der Waals surface area contributed by atoms with Crippen molar-refractivity contribution in [1.29, 1.82) is 0 Å². The Kier molecular flexibility index (Phi) is 6.26. The van der Waals surface area contributed by atoms with Crippen molar-refractivity contribution in [3.8, 4) is 0 Å². The van der Waals surface area contributed by atoms with Crippen molar-refractivity contribution in [3.05, 3.63) is 33.8 Å². The lowest BCUT2D eigenvalue weighted by Crippen LogP contribution is -2.31. The topological polar surface area (TPSA) is 66.5 Å². The maximum Gasteiger partial charge on any atom is 0.252 e. The average Bonchev–Trinajstić information content (AvgIpc) is 2.32. The predicted molar refractivity (Wildman–Crippen MR) is 80.9 cm³/mol. The van der Waals surface area contributed by atoms with E-state index in [-0.39, 0.29) is 10.9 Å². The normalized spacial score (nSPS) is 11.7. The highest BCUT2D eigenvalue weighted by atomic mass is 35.5. The molecular weight excluding hydrogens is 323 g/mol. The van der Waals surface area contributed by atoms with E-state index in [2.05, 4.69) is 5.32 Å². The molecule has 0 atom stereocenters. The van der Waals surface area contributed by atoms with Crippen LogP contribution in [0.5, 0.6) is 0 Å². The first-order valence-electron chi connectivity index (χ1n) is 5.86. The summed E-state index contributed by atoms with van der Waals surface area (Å²) in [6.45, 7) is 0.700. The average molecular weight is 339 g/mol. The molecule has 1 aromatic rings. The third-order valence-electron chi connectivity index (χ3n) is 2.68. The summed E-state index contributed by atoms with van der Waals surface area (Å²) in [7, 11) is -1.69. The van der Waals surface area contributed by atoms with Gasteiger partial charge in [-0.25, -0.2) is 12.7 Å². The van der Waals surface area contributed by atoms with Gasteiger partial charge >= 0.3 is 0 Å². The van der Waals surface area contributed by atoms with Gasteiger partial charge in [-0.15, -0.1) is 0 Å². The highest BCUT2D eigenvalue weighted by Gasteiger charge is 2.12. The van der Waals surface area contributed by atoms with Crippen LogP contribution in [0.3, 0.4) is 0 Å². The summed E-state index contributed by atoms with van der Waals surface area (Å²) >= 11 is 11.7. The van der Waals surface area contributed by atoms with E-state index in [1.807, 2.05) is 0 Å². The minimum absolute atomic E-state index is 0.281. The largest absolute Gasteiger partial charge is 0.352 e. The molecule has 1 aromatic carbocycles. The van der Waals surface area contributed by atoms with Crippen LogP contribution in [0.2, 0.25) is 10.0 Å². The van der Waals surface area contributed by atoms with Crippen molar-refractivity contribution in [2.24, 2.45) is 0 Å². The molecule has 0 saturated carbocycles. The minimum atomic E-state index is -3.18. The van der Waals surface area contributed by atoms with Crippen LogP contribution in [0.4, 0.5) is 0 Å². The van der Waals surface area contributed by atoms with E-state index in [1.54, 1.807) is 12.1 Å². The molecule has 0 bridgehead atoms. The van der Waals surface area contributed by atoms with Crippen LogP contribution in [-0.2, 0) is 10.0 Å². The maximum atomic E-state index is 11.8. The number of nitrogens with one attached hydrogen (secondary N) is 1. The van der Waals surface area contributed by atoms with Gasteiger partial charge in [0.05, 0.1) is 16.8 Å². The van der Waals surface area contributed by atoms with Gasteiger partial charge in [0.15, 0.2) is 0 Å². The van der Waals surface area contributed by atoms with E-state index < -0.39 is 10.0 Å².